The molecule has 130 valence electrons. The van der Waals surface area contributed by atoms with Crippen molar-refractivity contribution in [1.82, 2.24) is 9.80 Å². The first kappa shape index (κ1) is 17.2. The summed E-state index contributed by atoms with van der Waals surface area (Å²) >= 11 is 3.45. The Balaban J connectivity index is 1.61. The Morgan fingerprint density at radius 2 is 2.08 bits per heavy atom. The third-order valence-corrected chi connectivity index (χ3v) is 5.33. The number of halogens is 1. The Morgan fingerprint density at radius 3 is 2.75 bits per heavy atom. The molecule has 6 nitrogen and oxygen atoms in total. The molecular formula is C17H21BrN2O4. The monoisotopic (exact) mass is 396 g/mol. The number of nitrogens with zero attached hydrogens (tertiary/aromatic N) is 2. The number of hydrogen-bond donors (Lipinski definition) is 1. The summed E-state index contributed by atoms with van der Waals surface area (Å²) < 4.78 is 6.58. The van der Waals surface area contributed by atoms with Gasteiger partial charge in [0, 0.05) is 29.2 Å². The van der Waals surface area contributed by atoms with Gasteiger partial charge in [0.25, 0.3) is 0 Å². The van der Waals surface area contributed by atoms with Gasteiger partial charge >= 0.3 is 5.97 Å². The van der Waals surface area contributed by atoms with E-state index >= 15 is 0 Å². The number of carboxylic acids is 1. The fourth-order valence-corrected chi connectivity index (χ4v) is 3.86. The maximum atomic E-state index is 12.9. The minimum Gasteiger partial charge on any atom is -0.492 e. The van der Waals surface area contributed by atoms with Crippen molar-refractivity contribution in [2.75, 3.05) is 33.3 Å². The fourth-order valence-electron chi connectivity index (χ4n) is 3.48. The van der Waals surface area contributed by atoms with E-state index in [-0.39, 0.29) is 24.4 Å². The summed E-state index contributed by atoms with van der Waals surface area (Å²) in [5.74, 6) is -0.175. The third-order valence-electron chi connectivity index (χ3n) is 4.84. The van der Waals surface area contributed by atoms with Crippen LogP contribution in [0, 0.1) is 0 Å². The molecular weight excluding hydrogens is 376 g/mol. The molecule has 7 heteroatoms. The molecule has 0 radical (unpaired) electrons. The van der Waals surface area contributed by atoms with Crippen molar-refractivity contribution in [2.45, 2.75) is 24.8 Å². The van der Waals surface area contributed by atoms with Gasteiger partial charge in [-0.2, -0.15) is 0 Å². The SMILES string of the molecule is CN(CC(=O)O)C1CCN(C(=O)C2COc3ccc(Br)cc32)CC1. The number of benzene rings is 1. The Labute approximate surface area is 149 Å². The quantitative estimate of drug-likeness (QED) is 0.841. The summed E-state index contributed by atoms with van der Waals surface area (Å²) in [6, 6.07) is 5.97. The summed E-state index contributed by atoms with van der Waals surface area (Å²) in [4.78, 5) is 27.4. The first-order chi connectivity index (χ1) is 11.5. The number of piperidine rings is 1. The number of aliphatic carboxylic acids is 1. The van der Waals surface area contributed by atoms with Gasteiger partial charge in [-0.3, -0.25) is 14.5 Å². The molecule has 1 N–H and O–H groups in total. The molecule has 2 aliphatic heterocycles. The van der Waals surface area contributed by atoms with Gasteiger partial charge in [0.1, 0.15) is 18.3 Å². The standard InChI is InChI=1S/C17H21BrN2O4/c1-19(9-16(21)22)12-4-6-20(7-5-12)17(23)14-10-24-15-3-2-11(18)8-13(14)15/h2-3,8,12,14H,4-7,9-10H2,1H3,(H,21,22). The largest absolute Gasteiger partial charge is 0.492 e. The van der Waals surface area contributed by atoms with Crippen molar-refractivity contribution in [3.05, 3.63) is 28.2 Å². The molecule has 1 saturated heterocycles. The molecule has 1 unspecified atom stereocenters. The molecule has 1 fully saturated rings. The third kappa shape index (κ3) is 3.57. The predicted octanol–water partition coefficient (Wildman–Crippen LogP) is 1.93. The van der Waals surface area contributed by atoms with Gasteiger partial charge in [-0.15, -0.1) is 0 Å². The summed E-state index contributed by atoms with van der Waals surface area (Å²) in [5.41, 5.74) is 0.944. The molecule has 2 heterocycles. The normalized spacial score (nSPS) is 20.8. The van der Waals surface area contributed by atoms with Crippen LogP contribution in [0.2, 0.25) is 0 Å². The lowest BCUT2D eigenvalue weighted by Gasteiger charge is -2.37. The Morgan fingerprint density at radius 1 is 1.38 bits per heavy atom. The van der Waals surface area contributed by atoms with Crippen LogP contribution in [0.25, 0.3) is 0 Å². The molecule has 1 aromatic rings. The van der Waals surface area contributed by atoms with Gasteiger partial charge < -0.3 is 14.7 Å². The highest BCUT2D eigenvalue weighted by Gasteiger charge is 2.35. The van der Waals surface area contributed by atoms with Crippen LogP contribution >= 0.6 is 15.9 Å². The van der Waals surface area contributed by atoms with Crippen molar-refractivity contribution in [3.8, 4) is 5.75 Å². The predicted molar refractivity (Wildman–Crippen MR) is 92.2 cm³/mol. The van der Waals surface area contributed by atoms with Crippen LogP contribution < -0.4 is 4.74 Å². The Kier molecular flexibility index (Phi) is 5.10. The van der Waals surface area contributed by atoms with Crippen LogP contribution in [0.4, 0.5) is 0 Å². The number of likely N-dealkylation sites (N-methyl/N-ethyl adjacent to an activating group) is 1. The van der Waals surface area contributed by atoms with Crippen LogP contribution in [0.15, 0.2) is 22.7 Å². The summed E-state index contributed by atoms with van der Waals surface area (Å²) in [6.45, 7) is 1.75. The first-order valence-corrected chi connectivity index (χ1v) is 8.88. The van der Waals surface area contributed by atoms with Crippen molar-refractivity contribution in [3.63, 3.8) is 0 Å². The molecule has 1 atom stereocenters. The van der Waals surface area contributed by atoms with E-state index in [1.54, 1.807) is 0 Å². The van der Waals surface area contributed by atoms with Gasteiger partial charge in [0.15, 0.2) is 0 Å². The van der Waals surface area contributed by atoms with E-state index in [1.807, 2.05) is 35.0 Å². The van der Waals surface area contributed by atoms with Crippen LogP contribution in [0.3, 0.4) is 0 Å². The van der Waals surface area contributed by atoms with Gasteiger partial charge in [-0.25, -0.2) is 0 Å². The molecule has 0 aliphatic carbocycles. The molecule has 3 rings (SSSR count). The zero-order valence-electron chi connectivity index (χ0n) is 13.6. The minimum absolute atomic E-state index is 0.0382. The van der Waals surface area contributed by atoms with Crippen molar-refractivity contribution < 1.29 is 19.4 Å². The second kappa shape index (κ2) is 7.11. The second-order valence-corrected chi connectivity index (χ2v) is 7.33. The summed E-state index contributed by atoms with van der Waals surface area (Å²) in [5, 5.41) is 8.89. The van der Waals surface area contributed by atoms with E-state index in [1.165, 1.54) is 0 Å². The lowest BCUT2D eigenvalue weighted by Crippen LogP contribution is -2.48. The molecule has 0 saturated carbocycles. The molecule has 24 heavy (non-hydrogen) atoms. The Hall–Kier alpha value is -1.60. The summed E-state index contributed by atoms with van der Waals surface area (Å²) in [6.07, 6.45) is 1.60. The maximum absolute atomic E-state index is 12.9. The highest BCUT2D eigenvalue weighted by Crippen LogP contribution is 2.37. The highest BCUT2D eigenvalue weighted by molar-refractivity contribution is 9.10. The topological polar surface area (TPSA) is 70.1 Å². The number of hydrogen-bond acceptors (Lipinski definition) is 4. The second-order valence-electron chi connectivity index (χ2n) is 6.41. The zero-order valence-corrected chi connectivity index (χ0v) is 15.2. The number of rotatable bonds is 4. The number of ether oxygens (including phenoxy) is 1. The lowest BCUT2D eigenvalue weighted by atomic mass is 9.97. The van der Waals surface area contributed by atoms with Gasteiger partial charge in [0.2, 0.25) is 5.91 Å². The van der Waals surface area contributed by atoms with E-state index in [9.17, 15) is 9.59 Å². The zero-order chi connectivity index (χ0) is 17.3. The lowest BCUT2D eigenvalue weighted by molar-refractivity contribution is -0.140. The first-order valence-electron chi connectivity index (χ1n) is 8.09. The molecule has 0 aromatic heterocycles. The fraction of sp³-hybridized carbons (Fsp3) is 0.529. The van der Waals surface area contributed by atoms with E-state index in [2.05, 4.69) is 15.9 Å². The number of carbonyl (C=O) groups is 2. The van der Waals surface area contributed by atoms with Gasteiger partial charge in [0.05, 0.1) is 6.54 Å². The van der Waals surface area contributed by atoms with Crippen molar-refractivity contribution in [2.24, 2.45) is 0 Å². The molecule has 0 spiro atoms. The number of fused-ring (bicyclic) bond motifs is 1. The smallest absolute Gasteiger partial charge is 0.317 e. The van der Waals surface area contributed by atoms with E-state index < -0.39 is 5.97 Å². The average molecular weight is 397 g/mol. The molecule has 0 bridgehead atoms. The highest BCUT2D eigenvalue weighted by atomic mass is 79.9. The number of carboxylic acid groups (broad SMARTS) is 1. The van der Waals surface area contributed by atoms with Crippen molar-refractivity contribution >= 4 is 27.8 Å². The van der Waals surface area contributed by atoms with E-state index in [0.29, 0.717) is 19.7 Å². The van der Waals surface area contributed by atoms with Crippen LogP contribution in [0.5, 0.6) is 5.75 Å². The number of carbonyl (C=O) groups excluding carboxylic acids is 1. The molecule has 1 amide bonds. The van der Waals surface area contributed by atoms with Gasteiger partial charge in [-0.05, 0) is 38.1 Å². The minimum atomic E-state index is -0.818. The van der Waals surface area contributed by atoms with Crippen LogP contribution in [-0.4, -0.2) is 66.1 Å². The molecule has 2 aliphatic rings. The summed E-state index contributed by atoms with van der Waals surface area (Å²) in [7, 11) is 1.83. The maximum Gasteiger partial charge on any atom is 0.317 e. The Bertz CT molecular complexity index is 643. The number of amides is 1. The van der Waals surface area contributed by atoms with E-state index in [4.69, 9.17) is 9.84 Å². The van der Waals surface area contributed by atoms with Crippen LogP contribution in [-0.2, 0) is 9.59 Å². The van der Waals surface area contributed by atoms with Gasteiger partial charge in [-0.1, -0.05) is 15.9 Å². The van der Waals surface area contributed by atoms with Crippen molar-refractivity contribution in [1.29, 1.82) is 0 Å². The molecule has 1 aromatic carbocycles. The average Bonchev–Trinajstić information content (AvgIpc) is 2.96. The number of likely N-dealkylation sites (tertiary alicyclic amines) is 1. The van der Waals surface area contributed by atoms with Crippen LogP contribution in [0.1, 0.15) is 24.3 Å². The van der Waals surface area contributed by atoms with E-state index in [0.717, 1.165) is 28.6 Å².